The summed E-state index contributed by atoms with van der Waals surface area (Å²) in [5, 5.41) is 0. The zero-order valence-corrected chi connectivity index (χ0v) is 7.71. The number of carbonyl (C=O) groups excluding carboxylic acids is 2. The molecule has 4 nitrogen and oxygen atoms in total. The van der Waals surface area contributed by atoms with Crippen molar-refractivity contribution in [1.29, 1.82) is 0 Å². The third-order valence-corrected chi connectivity index (χ3v) is 0.523. The van der Waals surface area contributed by atoms with E-state index in [0.29, 0.717) is 18.7 Å². The fraction of sp³-hybridized carbons (Fsp3) is 0.500. The number of rotatable bonds is 3. The van der Waals surface area contributed by atoms with Crippen LogP contribution in [0.1, 0.15) is 6.92 Å². The van der Waals surface area contributed by atoms with Gasteiger partial charge < -0.3 is 15.3 Å². The number of nitrogens with two attached hydrogens (primary N) is 1. The Morgan fingerprint density at radius 2 is 1.92 bits per heavy atom. The van der Waals surface area contributed by atoms with E-state index in [2.05, 4.69) is 11.3 Å². The van der Waals surface area contributed by atoms with Gasteiger partial charge in [0, 0.05) is 13.7 Å². The van der Waals surface area contributed by atoms with Gasteiger partial charge in [-0.15, -0.1) is 0 Å². The number of allylic oxidation sites excluding steroid dienone is 1. The summed E-state index contributed by atoms with van der Waals surface area (Å²) in [6, 6.07) is 0. The van der Waals surface area contributed by atoms with E-state index in [-0.39, 0.29) is 0 Å². The molecule has 72 valence electrons. The van der Waals surface area contributed by atoms with Crippen molar-refractivity contribution in [2.75, 3.05) is 20.3 Å². The van der Waals surface area contributed by atoms with Crippen molar-refractivity contribution in [2.45, 2.75) is 6.92 Å². The molecule has 2 N–H and O–H groups in total. The Balaban J connectivity index is -0.000000112. The van der Waals surface area contributed by atoms with Crippen LogP contribution >= 0.6 is 0 Å². The highest BCUT2D eigenvalue weighted by molar-refractivity contribution is 5.70. The molecule has 0 aliphatic carbocycles. The van der Waals surface area contributed by atoms with Crippen molar-refractivity contribution in [3.05, 3.63) is 12.2 Å². The van der Waals surface area contributed by atoms with Gasteiger partial charge in [0.1, 0.15) is 13.1 Å². The minimum atomic E-state index is 0.574. The first-order valence-electron chi connectivity index (χ1n) is 3.27. The fourth-order valence-electron chi connectivity index (χ4n) is 0.118. The summed E-state index contributed by atoms with van der Waals surface area (Å²) in [5.41, 5.74) is 5.59. The number of aldehydes is 1. The summed E-state index contributed by atoms with van der Waals surface area (Å²) >= 11 is 0. The van der Waals surface area contributed by atoms with Gasteiger partial charge in [0.25, 0.3) is 0 Å². The van der Waals surface area contributed by atoms with Gasteiger partial charge in [-0.25, -0.2) is 0 Å². The second-order valence-corrected chi connectivity index (χ2v) is 1.75. The molecule has 0 aromatic heterocycles. The Labute approximate surface area is 73.4 Å². The van der Waals surface area contributed by atoms with Crippen molar-refractivity contribution < 1.29 is 14.3 Å². The van der Waals surface area contributed by atoms with Crippen LogP contribution in [-0.4, -0.2) is 33.3 Å². The van der Waals surface area contributed by atoms with Gasteiger partial charge >= 0.3 is 0 Å². The van der Waals surface area contributed by atoms with E-state index in [9.17, 15) is 4.79 Å². The number of methoxy groups -OCH3 is 1. The summed E-state index contributed by atoms with van der Waals surface area (Å²) in [6.45, 7) is 8.25. The average Bonchev–Trinajstić information content (AvgIpc) is 2.10. The van der Waals surface area contributed by atoms with Crippen LogP contribution in [0.3, 0.4) is 0 Å². The topological polar surface area (TPSA) is 69.4 Å². The summed E-state index contributed by atoms with van der Waals surface area (Å²) in [5.74, 6) is 0. The predicted molar refractivity (Wildman–Crippen MR) is 48.9 cm³/mol. The number of carbonyl (C=O) groups is 2. The first-order chi connectivity index (χ1) is 5.68. The standard InChI is InChI=1S/C4H6O.C3H9NO.CH2O/c1-4(2)3-5;1-5-3-2-4;1-2/h3H,1H2,2H3;2-4H2,1H3;1H2. The molecule has 0 aliphatic rings. The van der Waals surface area contributed by atoms with Crippen LogP contribution in [0.5, 0.6) is 0 Å². The van der Waals surface area contributed by atoms with Crippen molar-refractivity contribution >= 4 is 13.1 Å². The first-order valence-corrected chi connectivity index (χ1v) is 3.27. The molecule has 0 amide bonds. The largest absolute Gasteiger partial charge is 0.383 e. The highest BCUT2D eigenvalue weighted by Crippen LogP contribution is 1.70. The Bertz CT molecular complexity index is 102. The second kappa shape index (κ2) is 22.5. The van der Waals surface area contributed by atoms with E-state index in [1.165, 1.54) is 0 Å². The smallest absolute Gasteiger partial charge is 0.145 e. The molecular formula is C8H17NO3. The van der Waals surface area contributed by atoms with Crippen LogP contribution < -0.4 is 5.73 Å². The van der Waals surface area contributed by atoms with Crippen LogP contribution in [0.2, 0.25) is 0 Å². The minimum Gasteiger partial charge on any atom is -0.383 e. The SMILES string of the molecule is C=C(C)C=O.C=O.COCCN. The zero-order valence-electron chi connectivity index (χ0n) is 7.71. The average molecular weight is 175 g/mol. The van der Waals surface area contributed by atoms with Crippen LogP contribution in [0, 0.1) is 0 Å². The van der Waals surface area contributed by atoms with Crippen molar-refractivity contribution in [2.24, 2.45) is 5.73 Å². The first kappa shape index (κ1) is 17.2. The highest BCUT2D eigenvalue weighted by Gasteiger charge is 1.66. The molecule has 0 fully saturated rings. The molecule has 0 atom stereocenters. The lowest BCUT2D eigenvalue weighted by molar-refractivity contribution is -0.104. The van der Waals surface area contributed by atoms with Gasteiger partial charge in [0.05, 0.1) is 6.61 Å². The maximum absolute atomic E-state index is 9.41. The van der Waals surface area contributed by atoms with Gasteiger partial charge in [-0.3, -0.25) is 4.79 Å². The number of hydrogen-bond donors (Lipinski definition) is 1. The van der Waals surface area contributed by atoms with Crippen LogP contribution in [0.4, 0.5) is 0 Å². The highest BCUT2D eigenvalue weighted by atomic mass is 16.5. The van der Waals surface area contributed by atoms with Crippen molar-refractivity contribution in [3.63, 3.8) is 0 Å². The molecule has 0 saturated carbocycles. The van der Waals surface area contributed by atoms with E-state index in [1.54, 1.807) is 14.0 Å². The summed E-state index contributed by atoms with van der Waals surface area (Å²) in [6.07, 6.45) is 0.722. The lowest BCUT2D eigenvalue weighted by Crippen LogP contribution is -2.05. The van der Waals surface area contributed by atoms with E-state index in [0.717, 1.165) is 6.29 Å². The summed E-state index contributed by atoms with van der Waals surface area (Å²) in [7, 11) is 1.63. The molecular weight excluding hydrogens is 158 g/mol. The Morgan fingerprint density at radius 1 is 1.58 bits per heavy atom. The molecule has 4 heteroatoms. The molecule has 0 bridgehead atoms. The molecule has 0 radical (unpaired) electrons. The molecule has 0 aromatic rings. The zero-order chi connectivity index (χ0) is 10.4. The van der Waals surface area contributed by atoms with Crippen molar-refractivity contribution in [3.8, 4) is 0 Å². The van der Waals surface area contributed by atoms with E-state index in [1.807, 2.05) is 6.79 Å². The Kier molecular flexibility index (Phi) is 32.2. The van der Waals surface area contributed by atoms with Gasteiger partial charge in [-0.05, 0) is 12.5 Å². The monoisotopic (exact) mass is 175 g/mol. The Hall–Kier alpha value is -1.00. The van der Waals surface area contributed by atoms with Gasteiger partial charge in [0.2, 0.25) is 0 Å². The summed E-state index contributed by atoms with van der Waals surface area (Å²) in [4.78, 5) is 17.4. The molecule has 0 unspecified atom stereocenters. The number of hydrogen-bond acceptors (Lipinski definition) is 4. The molecule has 0 rings (SSSR count). The minimum absolute atomic E-state index is 0.574. The maximum Gasteiger partial charge on any atom is 0.145 e. The molecule has 12 heavy (non-hydrogen) atoms. The lowest BCUT2D eigenvalue weighted by Gasteiger charge is -1.85. The molecule has 0 spiro atoms. The molecule has 0 heterocycles. The van der Waals surface area contributed by atoms with Crippen molar-refractivity contribution in [1.82, 2.24) is 0 Å². The van der Waals surface area contributed by atoms with Gasteiger partial charge in [0.15, 0.2) is 0 Å². The molecule has 0 aromatic carbocycles. The maximum atomic E-state index is 9.41. The predicted octanol–water partition coefficient (Wildman–Crippen LogP) is 0.168. The third kappa shape index (κ3) is 64.0. The van der Waals surface area contributed by atoms with Crippen LogP contribution in [-0.2, 0) is 14.3 Å². The van der Waals surface area contributed by atoms with E-state index < -0.39 is 0 Å². The Morgan fingerprint density at radius 3 is 1.92 bits per heavy atom. The normalized spacial score (nSPS) is 6.58. The quantitative estimate of drug-likeness (QED) is 0.490. The van der Waals surface area contributed by atoms with Gasteiger partial charge in [-0.2, -0.15) is 0 Å². The molecule has 0 aliphatic heterocycles. The van der Waals surface area contributed by atoms with E-state index >= 15 is 0 Å². The van der Waals surface area contributed by atoms with E-state index in [4.69, 9.17) is 10.5 Å². The lowest BCUT2D eigenvalue weighted by atomic mass is 10.4. The van der Waals surface area contributed by atoms with Crippen LogP contribution in [0.15, 0.2) is 12.2 Å². The second-order valence-electron chi connectivity index (χ2n) is 1.75. The van der Waals surface area contributed by atoms with Crippen LogP contribution in [0.25, 0.3) is 0 Å². The third-order valence-electron chi connectivity index (χ3n) is 0.523. The fourth-order valence-corrected chi connectivity index (χ4v) is 0.118. The summed E-state index contributed by atoms with van der Waals surface area (Å²) < 4.78 is 4.57. The molecule has 0 saturated heterocycles. The van der Waals surface area contributed by atoms with Gasteiger partial charge in [-0.1, -0.05) is 6.58 Å². The number of ether oxygens (including phenoxy) is 1.